The molecule has 18 heavy (non-hydrogen) atoms. The fraction of sp³-hybridized carbons (Fsp3) is 0.455. The maximum atomic E-state index is 5.00. The predicted molar refractivity (Wildman–Crippen MR) is 79.0 cm³/mol. The van der Waals surface area contributed by atoms with Crippen LogP contribution in [0.3, 0.4) is 0 Å². The summed E-state index contributed by atoms with van der Waals surface area (Å²) in [4.78, 5) is 1.39. The molecular formula is C11H15N3OS3. The molecule has 0 aliphatic rings. The number of ether oxygens (including phenoxy) is 1. The lowest BCUT2D eigenvalue weighted by molar-refractivity contribution is 0.218. The summed E-state index contributed by atoms with van der Waals surface area (Å²) in [6, 6.07) is 4.23. The number of nitrogens with one attached hydrogen (secondary N) is 1. The second kappa shape index (κ2) is 7.73. The van der Waals surface area contributed by atoms with Gasteiger partial charge in [0.05, 0.1) is 6.61 Å². The maximum Gasteiger partial charge on any atom is 0.206 e. The van der Waals surface area contributed by atoms with E-state index in [9.17, 15) is 0 Å². The van der Waals surface area contributed by atoms with Crippen LogP contribution in [0.2, 0.25) is 0 Å². The molecular weight excluding hydrogens is 286 g/mol. The van der Waals surface area contributed by atoms with Crippen LogP contribution in [-0.4, -0.2) is 36.2 Å². The van der Waals surface area contributed by atoms with Crippen LogP contribution in [-0.2, 0) is 11.2 Å². The molecule has 0 amide bonds. The van der Waals surface area contributed by atoms with E-state index in [4.69, 9.17) is 4.74 Å². The van der Waals surface area contributed by atoms with Gasteiger partial charge in [-0.1, -0.05) is 29.2 Å². The summed E-state index contributed by atoms with van der Waals surface area (Å²) >= 11 is 5.06. The molecule has 0 radical (unpaired) electrons. The monoisotopic (exact) mass is 301 g/mol. The number of methoxy groups -OCH3 is 1. The van der Waals surface area contributed by atoms with Crippen molar-refractivity contribution in [2.45, 2.75) is 10.8 Å². The first-order valence-electron chi connectivity index (χ1n) is 5.60. The van der Waals surface area contributed by atoms with Crippen molar-refractivity contribution >= 4 is 39.6 Å². The molecule has 0 unspecified atom stereocenters. The summed E-state index contributed by atoms with van der Waals surface area (Å²) in [5, 5.41) is 14.5. The first-order valence-corrected chi connectivity index (χ1v) is 8.28. The highest BCUT2D eigenvalue weighted by Gasteiger charge is 2.04. The molecule has 0 spiro atoms. The molecule has 0 atom stereocenters. The standard InChI is InChI=1S/C11H15N3OS3/c1-15-6-8-17-11-14-13-10(18-11)12-5-4-9-3-2-7-16-9/h2-3,7H,4-6,8H2,1H3,(H,12,13). The SMILES string of the molecule is COCCSc1nnc(NCCc2cccs2)s1. The first-order chi connectivity index (χ1) is 8.88. The van der Waals surface area contributed by atoms with Crippen molar-refractivity contribution in [2.24, 2.45) is 0 Å². The molecule has 0 fully saturated rings. The van der Waals surface area contributed by atoms with Crippen LogP contribution < -0.4 is 5.32 Å². The molecule has 0 saturated carbocycles. The second-order valence-electron chi connectivity index (χ2n) is 3.47. The van der Waals surface area contributed by atoms with E-state index in [0.717, 1.165) is 34.8 Å². The number of hydrogen-bond donors (Lipinski definition) is 1. The molecule has 0 bridgehead atoms. The van der Waals surface area contributed by atoms with Crippen molar-refractivity contribution in [2.75, 3.05) is 31.3 Å². The number of rotatable bonds is 8. The Morgan fingerprint density at radius 1 is 1.44 bits per heavy atom. The minimum atomic E-state index is 0.741. The molecule has 4 nitrogen and oxygen atoms in total. The highest BCUT2D eigenvalue weighted by Crippen LogP contribution is 2.25. The van der Waals surface area contributed by atoms with Gasteiger partial charge >= 0.3 is 0 Å². The van der Waals surface area contributed by atoms with Gasteiger partial charge in [0.2, 0.25) is 5.13 Å². The smallest absolute Gasteiger partial charge is 0.206 e. The lowest BCUT2D eigenvalue weighted by atomic mass is 10.3. The van der Waals surface area contributed by atoms with Crippen molar-refractivity contribution in [3.63, 3.8) is 0 Å². The van der Waals surface area contributed by atoms with Gasteiger partial charge in [-0.25, -0.2) is 0 Å². The molecule has 0 saturated heterocycles. The first kappa shape index (κ1) is 13.8. The van der Waals surface area contributed by atoms with E-state index in [1.165, 1.54) is 4.88 Å². The topological polar surface area (TPSA) is 47.0 Å². The average molecular weight is 301 g/mol. The van der Waals surface area contributed by atoms with Crippen LogP contribution in [0.25, 0.3) is 0 Å². The summed E-state index contributed by atoms with van der Waals surface area (Å²) in [6.45, 7) is 1.64. The van der Waals surface area contributed by atoms with Gasteiger partial charge in [-0.05, 0) is 17.9 Å². The van der Waals surface area contributed by atoms with Crippen molar-refractivity contribution in [1.29, 1.82) is 0 Å². The quantitative estimate of drug-likeness (QED) is 0.600. The maximum absolute atomic E-state index is 5.00. The van der Waals surface area contributed by atoms with Crippen LogP contribution in [0.15, 0.2) is 21.9 Å². The molecule has 2 aromatic heterocycles. The van der Waals surface area contributed by atoms with Crippen LogP contribution in [0.4, 0.5) is 5.13 Å². The van der Waals surface area contributed by atoms with Gasteiger partial charge in [-0.15, -0.1) is 21.5 Å². The van der Waals surface area contributed by atoms with Crippen LogP contribution in [0.1, 0.15) is 4.88 Å². The number of hydrogen-bond acceptors (Lipinski definition) is 7. The zero-order valence-corrected chi connectivity index (χ0v) is 12.5. The van der Waals surface area contributed by atoms with Crippen LogP contribution in [0.5, 0.6) is 0 Å². The van der Waals surface area contributed by atoms with Crippen LogP contribution >= 0.6 is 34.4 Å². The van der Waals surface area contributed by atoms with E-state index >= 15 is 0 Å². The number of nitrogens with zero attached hydrogens (tertiary/aromatic N) is 2. The molecule has 1 N–H and O–H groups in total. The van der Waals surface area contributed by atoms with Gasteiger partial charge in [0.15, 0.2) is 4.34 Å². The van der Waals surface area contributed by atoms with Crippen molar-refractivity contribution in [3.05, 3.63) is 22.4 Å². The van der Waals surface area contributed by atoms with Gasteiger partial charge < -0.3 is 10.1 Å². The third kappa shape index (κ3) is 4.56. The molecule has 2 aromatic rings. The molecule has 98 valence electrons. The Morgan fingerprint density at radius 2 is 2.39 bits per heavy atom. The fourth-order valence-electron chi connectivity index (χ4n) is 1.30. The number of thioether (sulfide) groups is 1. The lowest BCUT2D eigenvalue weighted by Gasteiger charge is -1.99. The zero-order valence-electron chi connectivity index (χ0n) is 10.1. The molecule has 0 aliphatic carbocycles. The van der Waals surface area contributed by atoms with E-state index in [1.807, 2.05) is 0 Å². The normalized spacial score (nSPS) is 10.7. The van der Waals surface area contributed by atoms with E-state index in [0.29, 0.717) is 0 Å². The molecule has 2 rings (SSSR count). The number of aromatic nitrogens is 2. The Labute approximate surface area is 119 Å². The Hall–Kier alpha value is -0.630. The molecule has 0 aliphatic heterocycles. The number of anilines is 1. The molecule has 0 aromatic carbocycles. The Balaban J connectivity index is 1.69. The van der Waals surface area contributed by atoms with E-state index in [1.54, 1.807) is 41.5 Å². The highest BCUT2D eigenvalue weighted by molar-refractivity contribution is 8.01. The Morgan fingerprint density at radius 3 is 3.17 bits per heavy atom. The molecule has 7 heteroatoms. The minimum absolute atomic E-state index is 0.741. The summed E-state index contributed by atoms with van der Waals surface area (Å²) in [7, 11) is 1.71. The largest absolute Gasteiger partial charge is 0.384 e. The van der Waals surface area contributed by atoms with Gasteiger partial charge in [0.1, 0.15) is 0 Å². The van der Waals surface area contributed by atoms with Gasteiger partial charge in [-0.3, -0.25) is 0 Å². The molecule has 2 heterocycles. The summed E-state index contributed by atoms with van der Waals surface area (Å²) in [5.74, 6) is 0.917. The minimum Gasteiger partial charge on any atom is -0.384 e. The van der Waals surface area contributed by atoms with Crippen molar-refractivity contribution in [3.8, 4) is 0 Å². The van der Waals surface area contributed by atoms with E-state index in [-0.39, 0.29) is 0 Å². The summed E-state index contributed by atoms with van der Waals surface area (Å²) in [5.41, 5.74) is 0. The van der Waals surface area contributed by atoms with Crippen LogP contribution in [0, 0.1) is 0 Å². The zero-order chi connectivity index (χ0) is 12.6. The van der Waals surface area contributed by atoms with Gasteiger partial charge in [0, 0.05) is 24.3 Å². The summed E-state index contributed by atoms with van der Waals surface area (Å²) < 4.78 is 5.99. The van der Waals surface area contributed by atoms with E-state index in [2.05, 4.69) is 33.0 Å². The Bertz CT molecular complexity index is 444. The fourth-order valence-corrected chi connectivity index (χ4v) is 3.76. The number of thiophene rings is 1. The van der Waals surface area contributed by atoms with Gasteiger partial charge in [0.25, 0.3) is 0 Å². The third-order valence-corrected chi connectivity index (χ3v) is 5.06. The van der Waals surface area contributed by atoms with Crippen molar-refractivity contribution < 1.29 is 4.74 Å². The van der Waals surface area contributed by atoms with E-state index < -0.39 is 0 Å². The lowest BCUT2D eigenvalue weighted by Crippen LogP contribution is -2.03. The predicted octanol–water partition coefficient (Wildman–Crippen LogP) is 2.99. The second-order valence-corrected chi connectivity index (χ2v) is 6.82. The van der Waals surface area contributed by atoms with Gasteiger partial charge in [-0.2, -0.15) is 0 Å². The third-order valence-electron chi connectivity index (χ3n) is 2.15. The summed E-state index contributed by atoms with van der Waals surface area (Å²) in [6.07, 6.45) is 1.03. The average Bonchev–Trinajstić information content (AvgIpc) is 3.01. The van der Waals surface area contributed by atoms with Crippen molar-refractivity contribution in [1.82, 2.24) is 10.2 Å². The highest BCUT2D eigenvalue weighted by atomic mass is 32.2. The Kier molecular flexibility index (Phi) is 5.92.